The topological polar surface area (TPSA) is 63.1 Å². The van der Waals surface area contributed by atoms with Crippen molar-refractivity contribution >= 4 is 27.7 Å². The van der Waals surface area contributed by atoms with Gasteiger partial charge >= 0.3 is 6.18 Å². The summed E-state index contributed by atoms with van der Waals surface area (Å²) in [5, 5.41) is 2.84. The number of carbonyl (C=O) groups excluding carboxylic acids is 1. The van der Waals surface area contributed by atoms with E-state index in [2.05, 4.69) is 31.2 Å². The molecule has 0 spiro atoms. The first kappa shape index (κ1) is 18.7. The lowest BCUT2D eigenvalue weighted by molar-refractivity contribution is -0.137. The summed E-state index contributed by atoms with van der Waals surface area (Å²) in [4.78, 5) is 21.8. The van der Waals surface area contributed by atoms with E-state index in [-0.39, 0.29) is 34.5 Å². The molecule has 26 heavy (non-hydrogen) atoms. The fraction of sp³-hybridized carbons (Fsp3) is 0.438. The number of anilines is 1. The fourth-order valence-electron chi connectivity index (χ4n) is 2.97. The Morgan fingerprint density at radius 2 is 2.15 bits per heavy atom. The molecule has 1 fully saturated rings. The smallest absolute Gasteiger partial charge is 0.354 e. The summed E-state index contributed by atoms with van der Waals surface area (Å²) in [7, 11) is 1.75. The van der Waals surface area contributed by atoms with Crippen LogP contribution >= 0.6 is 15.9 Å². The van der Waals surface area contributed by atoms with Crippen molar-refractivity contribution in [1.82, 2.24) is 19.9 Å². The monoisotopic (exact) mass is 431 g/mol. The summed E-state index contributed by atoms with van der Waals surface area (Å²) < 4.78 is 42.0. The average Bonchev–Trinajstić information content (AvgIpc) is 3.01. The number of aryl methyl sites for hydroxylation is 1. The minimum absolute atomic E-state index is 0.113. The lowest BCUT2D eigenvalue weighted by Crippen LogP contribution is -2.48. The number of rotatable bonds is 3. The number of nitrogens with zero attached hydrogens (tertiary/aromatic N) is 4. The molecule has 1 unspecified atom stereocenters. The Morgan fingerprint density at radius 3 is 2.81 bits per heavy atom. The molecule has 1 aliphatic heterocycles. The highest BCUT2D eigenvalue weighted by molar-refractivity contribution is 9.10. The Balaban J connectivity index is 1.76. The van der Waals surface area contributed by atoms with Crippen molar-refractivity contribution in [2.75, 3.05) is 18.0 Å². The van der Waals surface area contributed by atoms with E-state index in [1.807, 2.05) is 0 Å². The number of carbonyl (C=O) groups is 1. The molecule has 0 aliphatic carbocycles. The van der Waals surface area contributed by atoms with Gasteiger partial charge in [-0.05, 0) is 34.8 Å². The van der Waals surface area contributed by atoms with Gasteiger partial charge in [-0.2, -0.15) is 13.2 Å². The number of piperidine rings is 1. The third-order valence-corrected chi connectivity index (χ3v) is 4.57. The first-order chi connectivity index (χ1) is 12.2. The summed E-state index contributed by atoms with van der Waals surface area (Å²) >= 11 is 3.04. The van der Waals surface area contributed by atoms with Crippen molar-refractivity contribution in [3.8, 4) is 0 Å². The largest absolute Gasteiger partial charge is 0.419 e. The zero-order valence-corrected chi connectivity index (χ0v) is 15.5. The molecule has 1 aliphatic rings. The van der Waals surface area contributed by atoms with Gasteiger partial charge in [0.25, 0.3) is 5.91 Å². The van der Waals surface area contributed by atoms with E-state index in [1.54, 1.807) is 22.7 Å². The minimum atomic E-state index is -4.50. The Bertz CT molecular complexity index is 807. The summed E-state index contributed by atoms with van der Waals surface area (Å²) in [6, 6.07) is 0.753. The first-order valence-electron chi connectivity index (χ1n) is 8.00. The maximum atomic E-state index is 13.3. The number of nitrogens with one attached hydrogen (secondary N) is 1. The SMILES string of the molecule is Cn1cnc(C(=O)NC2CCCN(c3ncc(Br)cc3C(F)(F)F)C2)c1. The van der Waals surface area contributed by atoms with Gasteiger partial charge in [-0.25, -0.2) is 9.97 Å². The standard InChI is InChI=1S/C16H17BrF3N5O/c1-24-8-13(22-9-24)15(26)23-11-3-2-4-25(7-11)14-12(16(18,19)20)5-10(17)6-21-14/h5-6,8-9,11H,2-4,7H2,1H3,(H,23,26). The third-order valence-electron chi connectivity index (χ3n) is 4.13. The lowest BCUT2D eigenvalue weighted by atomic mass is 10.0. The predicted molar refractivity (Wildman–Crippen MR) is 92.8 cm³/mol. The Morgan fingerprint density at radius 1 is 1.38 bits per heavy atom. The number of pyridine rings is 1. The molecular formula is C16H17BrF3N5O. The number of amides is 1. The fourth-order valence-corrected chi connectivity index (χ4v) is 3.30. The Hall–Kier alpha value is -2.10. The molecule has 1 saturated heterocycles. The normalized spacial score (nSPS) is 18.0. The van der Waals surface area contributed by atoms with E-state index in [1.165, 1.54) is 12.5 Å². The van der Waals surface area contributed by atoms with Crippen molar-refractivity contribution in [2.45, 2.75) is 25.1 Å². The molecule has 2 aromatic heterocycles. The second-order valence-corrected chi connectivity index (χ2v) is 7.12. The molecule has 0 radical (unpaired) electrons. The second kappa shape index (κ2) is 7.26. The molecule has 10 heteroatoms. The van der Waals surface area contributed by atoms with Crippen molar-refractivity contribution in [2.24, 2.45) is 7.05 Å². The van der Waals surface area contributed by atoms with E-state index in [9.17, 15) is 18.0 Å². The zero-order chi connectivity index (χ0) is 18.9. The van der Waals surface area contributed by atoms with E-state index >= 15 is 0 Å². The summed E-state index contributed by atoms with van der Waals surface area (Å²) in [6.07, 6.45) is 1.30. The number of halogens is 4. The van der Waals surface area contributed by atoms with Crippen LogP contribution in [0.4, 0.5) is 19.0 Å². The molecule has 1 N–H and O–H groups in total. The average molecular weight is 432 g/mol. The summed E-state index contributed by atoms with van der Waals surface area (Å²) in [6.45, 7) is 0.712. The molecule has 3 rings (SSSR count). The van der Waals surface area contributed by atoms with Gasteiger partial charge in [0.15, 0.2) is 0 Å². The van der Waals surface area contributed by atoms with Gasteiger partial charge in [0.05, 0.1) is 11.9 Å². The van der Waals surface area contributed by atoms with Crippen LogP contribution < -0.4 is 10.2 Å². The minimum Gasteiger partial charge on any atom is -0.354 e. The molecular weight excluding hydrogens is 415 g/mol. The second-order valence-electron chi connectivity index (χ2n) is 6.21. The van der Waals surface area contributed by atoms with Crippen molar-refractivity contribution < 1.29 is 18.0 Å². The van der Waals surface area contributed by atoms with Crippen LogP contribution in [-0.4, -0.2) is 39.6 Å². The third kappa shape index (κ3) is 4.17. The first-order valence-corrected chi connectivity index (χ1v) is 8.80. The molecule has 3 heterocycles. The van der Waals surface area contributed by atoms with Crippen LogP contribution in [0.15, 0.2) is 29.3 Å². The molecule has 1 atom stereocenters. The lowest BCUT2D eigenvalue weighted by Gasteiger charge is -2.35. The zero-order valence-electron chi connectivity index (χ0n) is 13.9. The number of aromatic nitrogens is 3. The molecule has 0 aromatic carbocycles. The van der Waals surface area contributed by atoms with Gasteiger partial charge in [0, 0.05) is 43.0 Å². The highest BCUT2D eigenvalue weighted by atomic mass is 79.9. The molecule has 140 valence electrons. The van der Waals surface area contributed by atoms with Gasteiger partial charge in [-0.15, -0.1) is 0 Å². The number of imidazole rings is 1. The molecule has 6 nitrogen and oxygen atoms in total. The van der Waals surface area contributed by atoms with Crippen molar-refractivity contribution in [3.63, 3.8) is 0 Å². The van der Waals surface area contributed by atoms with Crippen LogP contribution in [0.2, 0.25) is 0 Å². The quantitative estimate of drug-likeness (QED) is 0.811. The highest BCUT2D eigenvalue weighted by Gasteiger charge is 2.37. The van der Waals surface area contributed by atoms with Crippen LogP contribution in [0.1, 0.15) is 28.9 Å². The molecule has 2 aromatic rings. The van der Waals surface area contributed by atoms with Crippen LogP contribution in [0, 0.1) is 0 Å². The maximum absolute atomic E-state index is 13.3. The van der Waals surface area contributed by atoms with Gasteiger partial charge in [-0.3, -0.25) is 4.79 Å². The van der Waals surface area contributed by atoms with Crippen LogP contribution in [0.3, 0.4) is 0 Å². The van der Waals surface area contributed by atoms with Gasteiger partial charge in [-0.1, -0.05) is 0 Å². The number of hydrogen-bond acceptors (Lipinski definition) is 4. The summed E-state index contributed by atoms with van der Waals surface area (Å²) in [5.41, 5.74) is -0.508. The maximum Gasteiger partial charge on any atom is 0.419 e. The Labute approximate surface area is 156 Å². The van der Waals surface area contributed by atoms with Gasteiger partial charge in [0.2, 0.25) is 0 Å². The number of alkyl halides is 3. The van der Waals surface area contributed by atoms with Crippen LogP contribution in [-0.2, 0) is 13.2 Å². The molecule has 0 bridgehead atoms. The summed E-state index contributed by atoms with van der Waals surface area (Å²) in [5.74, 6) is -0.449. The van der Waals surface area contributed by atoms with E-state index in [4.69, 9.17) is 0 Å². The van der Waals surface area contributed by atoms with Gasteiger partial charge in [0.1, 0.15) is 11.5 Å². The van der Waals surface area contributed by atoms with Crippen LogP contribution in [0.25, 0.3) is 0 Å². The Kier molecular flexibility index (Phi) is 5.22. The number of hydrogen-bond donors (Lipinski definition) is 1. The van der Waals surface area contributed by atoms with E-state index in [0.717, 1.165) is 6.07 Å². The molecule has 0 saturated carbocycles. The highest BCUT2D eigenvalue weighted by Crippen LogP contribution is 2.37. The molecule has 1 amide bonds. The van der Waals surface area contributed by atoms with Crippen LogP contribution in [0.5, 0.6) is 0 Å². The van der Waals surface area contributed by atoms with E-state index < -0.39 is 11.7 Å². The van der Waals surface area contributed by atoms with Gasteiger partial charge < -0.3 is 14.8 Å². The van der Waals surface area contributed by atoms with E-state index in [0.29, 0.717) is 19.4 Å². The van der Waals surface area contributed by atoms with Crippen molar-refractivity contribution in [3.05, 3.63) is 40.5 Å². The van der Waals surface area contributed by atoms with Crippen molar-refractivity contribution in [1.29, 1.82) is 0 Å². The predicted octanol–water partition coefficient (Wildman–Crippen LogP) is 3.00.